The number of fused-ring (bicyclic) bond motifs is 1. The molecule has 0 bridgehead atoms. The number of allylic oxidation sites excluding steroid dienone is 3. The highest BCUT2D eigenvalue weighted by atomic mass is 32.2. The second kappa shape index (κ2) is 5.65. The van der Waals surface area contributed by atoms with E-state index in [1.807, 2.05) is 25.2 Å². The van der Waals surface area contributed by atoms with Gasteiger partial charge in [-0.3, -0.25) is 0 Å². The first kappa shape index (κ1) is 16.0. The standard InChI is InChI=1S/C16H20N2O4S/c1-9-4-2-7-12-13(15(16(19)20)18-14(9)12)10-5-3-6-11(8-10)23(17,21)22/h2,4,7-8,11-12,14,18H,3,5-6H2,1H3,(H,19,20)(H2,17,21,22). The van der Waals surface area contributed by atoms with Gasteiger partial charge in [0, 0.05) is 5.92 Å². The summed E-state index contributed by atoms with van der Waals surface area (Å²) in [4.78, 5) is 11.6. The largest absolute Gasteiger partial charge is 0.477 e. The molecule has 0 saturated heterocycles. The van der Waals surface area contributed by atoms with Crippen LogP contribution < -0.4 is 10.5 Å². The molecule has 23 heavy (non-hydrogen) atoms. The molecule has 1 aliphatic heterocycles. The fourth-order valence-electron chi connectivity index (χ4n) is 3.61. The van der Waals surface area contributed by atoms with E-state index in [-0.39, 0.29) is 17.7 Å². The van der Waals surface area contributed by atoms with Gasteiger partial charge in [-0.15, -0.1) is 0 Å². The third kappa shape index (κ3) is 2.86. The van der Waals surface area contributed by atoms with E-state index in [0.29, 0.717) is 24.8 Å². The predicted octanol–water partition coefficient (Wildman–Crippen LogP) is 1.20. The normalized spacial score (nSPS) is 30.4. The summed E-state index contributed by atoms with van der Waals surface area (Å²) < 4.78 is 23.3. The van der Waals surface area contributed by atoms with Crippen molar-refractivity contribution in [3.63, 3.8) is 0 Å². The lowest BCUT2D eigenvalue weighted by molar-refractivity contribution is -0.133. The van der Waals surface area contributed by atoms with Gasteiger partial charge in [0.05, 0.1) is 11.3 Å². The van der Waals surface area contributed by atoms with Crippen molar-refractivity contribution in [1.29, 1.82) is 0 Å². The molecular weight excluding hydrogens is 316 g/mol. The van der Waals surface area contributed by atoms with Crippen molar-refractivity contribution >= 4 is 16.0 Å². The van der Waals surface area contributed by atoms with Crippen molar-refractivity contribution in [1.82, 2.24) is 5.32 Å². The van der Waals surface area contributed by atoms with E-state index >= 15 is 0 Å². The SMILES string of the molecule is CC1=CC=CC2C(C3=CC(S(N)(=O)=O)CCC3)=C(C(=O)O)NC12. The number of nitrogens with two attached hydrogens (primary N) is 1. The van der Waals surface area contributed by atoms with E-state index in [4.69, 9.17) is 5.14 Å². The Hall–Kier alpha value is -1.86. The highest BCUT2D eigenvalue weighted by Gasteiger charge is 2.40. The molecule has 3 unspecified atom stereocenters. The molecule has 124 valence electrons. The Labute approximate surface area is 135 Å². The predicted molar refractivity (Wildman–Crippen MR) is 86.8 cm³/mol. The van der Waals surface area contributed by atoms with E-state index in [1.165, 1.54) is 0 Å². The number of aliphatic carboxylic acids is 1. The fourth-order valence-corrected chi connectivity index (χ4v) is 4.46. The van der Waals surface area contributed by atoms with Crippen molar-refractivity contribution in [3.05, 3.63) is 46.7 Å². The Morgan fingerprint density at radius 2 is 2.17 bits per heavy atom. The zero-order chi connectivity index (χ0) is 16.8. The van der Waals surface area contributed by atoms with Gasteiger partial charge < -0.3 is 10.4 Å². The molecule has 0 aromatic rings. The van der Waals surface area contributed by atoms with Gasteiger partial charge in [-0.2, -0.15) is 0 Å². The lowest BCUT2D eigenvalue weighted by Crippen LogP contribution is -2.32. The molecule has 0 aromatic carbocycles. The van der Waals surface area contributed by atoms with Crippen LogP contribution in [0.4, 0.5) is 0 Å². The van der Waals surface area contributed by atoms with Crippen molar-refractivity contribution in [3.8, 4) is 0 Å². The van der Waals surface area contributed by atoms with Crippen LogP contribution in [0.2, 0.25) is 0 Å². The Morgan fingerprint density at radius 3 is 2.83 bits per heavy atom. The molecule has 0 aromatic heterocycles. The van der Waals surface area contributed by atoms with Crippen molar-refractivity contribution < 1.29 is 18.3 Å². The number of carbonyl (C=O) groups is 1. The smallest absolute Gasteiger partial charge is 0.352 e. The second-order valence-corrected chi connectivity index (χ2v) is 8.03. The van der Waals surface area contributed by atoms with Crippen LogP contribution in [0.1, 0.15) is 26.2 Å². The highest BCUT2D eigenvalue weighted by molar-refractivity contribution is 7.89. The molecule has 1 heterocycles. The third-order valence-electron chi connectivity index (χ3n) is 4.73. The highest BCUT2D eigenvalue weighted by Crippen LogP contribution is 2.41. The van der Waals surface area contributed by atoms with Crippen LogP contribution in [0.15, 0.2) is 46.7 Å². The van der Waals surface area contributed by atoms with Crippen LogP contribution in [0.25, 0.3) is 0 Å². The zero-order valence-electron chi connectivity index (χ0n) is 12.8. The first-order valence-electron chi connectivity index (χ1n) is 7.60. The maximum Gasteiger partial charge on any atom is 0.352 e. The summed E-state index contributed by atoms with van der Waals surface area (Å²) in [6.07, 6.45) is 9.32. The molecule has 0 radical (unpaired) electrons. The van der Waals surface area contributed by atoms with Crippen LogP contribution in [-0.4, -0.2) is 30.8 Å². The second-order valence-electron chi connectivity index (χ2n) is 6.25. The van der Waals surface area contributed by atoms with Crippen LogP contribution in [-0.2, 0) is 14.8 Å². The van der Waals surface area contributed by atoms with E-state index in [9.17, 15) is 18.3 Å². The minimum atomic E-state index is -3.66. The summed E-state index contributed by atoms with van der Waals surface area (Å²) in [5.74, 6) is -1.11. The quantitative estimate of drug-likeness (QED) is 0.717. The third-order valence-corrected chi connectivity index (χ3v) is 5.95. The number of sulfonamides is 1. The van der Waals surface area contributed by atoms with Gasteiger partial charge in [-0.05, 0) is 37.3 Å². The maximum absolute atomic E-state index is 11.7. The first-order valence-corrected chi connectivity index (χ1v) is 9.21. The van der Waals surface area contributed by atoms with Crippen molar-refractivity contribution in [2.45, 2.75) is 37.5 Å². The minimum absolute atomic E-state index is 0.0862. The Kier molecular flexibility index (Phi) is 3.93. The van der Waals surface area contributed by atoms with Crippen LogP contribution in [0, 0.1) is 5.92 Å². The molecule has 6 nitrogen and oxygen atoms in total. The molecule has 7 heteroatoms. The molecule has 4 N–H and O–H groups in total. The summed E-state index contributed by atoms with van der Waals surface area (Å²) >= 11 is 0. The zero-order valence-corrected chi connectivity index (χ0v) is 13.6. The monoisotopic (exact) mass is 336 g/mol. The molecule has 3 aliphatic rings. The molecule has 0 spiro atoms. The molecule has 0 amide bonds. The maximum atomic E-state index is 11.7. The topological polar surface area (TPSA) is 109 Å². The Morgan fingerprint density at radius 1 is 1.43 bits per heavy atom. The van der Waals surface area contributed by atoms with Crippen LogP contribution >= 0.6 is 0 Å². The average molecular weight is 336 g/mol. The number of carboxylic acids is 1. The van der Waals surface area contributed by atoms with Gasteiger partial charge in [0.1, 0.15) is 5.70 Å². The molecular formula is C16H20N2O4S. The average Bonchev–Trinajstić information content (AvgIpc) is 2.88. The summed E-state index contributed by atoms with van der Waals surface area (Å²) in [5.41, 5.74) is 2.71. The van der Waals surface area contributed by atoms with Crippen molar-refractivity contribution in [2.24, 2.45) is 11.1 Å². The van der Waals surface area contributed by atoms with Gasteiger partial charge >= 0.3 is 5.97 Å². The summed E-state index contributed by atoms with van der Waals surface area (Å²) in [6, 6.07) is -0.0862. The van der Waals surface area contributed by atoms with Gasteiger partial charge in [-0.1, -0.05) is 29.9 Å². The summed E-state index contributed by atoms with van der Waals surface area (Å²) in [6.45, 7) is 1.96. The lowest BCUT2D eigenvalue weighted by atomic mass is 9.80. The number of primary sulfonamides is 1. The molecule has 0 fully saturated rings. The number of hydrogen-bond acceptors (Lipinski definition) is 4. The van der Waals surface area contributed by atoms with E-state index in [0.717, 1.165) is 11.1 Å². The van der Waals surface area contributed by atoms with Gasteiger partial charge in [0.25, 0.3) is 0 Å². The molecule has 0 saturated carbocycles. The van der Waals surface area contributed by atoms with Crippen LogP contribution in [0.3, 0.4) is 0 Å². The molecule has 3 rings (SSSR count). The van der Waals surface area contributed by atoms with Gasteiger partial charge in [0.2, 0.25) is 10.0 Å². The van der Waals surface area contributed by atoms with Gasteiger partial charge in [0.15, 0.2) is 0 Å². The van der Waals surface area contributed by atoms with Crippen molar-refractivity contribution in [2.75, 3.05) is 0 Å². The number of nitrogens with one attached hydrogen (secondary N) is 1. The Bertz CT molecular complexity index is 774. The number of hydrogen-bond donors (Lipinski definition) is 3. The molecule has 2 aliphatic carbocycles. The van der Waals surface area contributed by atoms with E-state index < -0.39 is 21.2 Å². The van der Waals surface area contributed by atoms with E-state index in [1.54, 1.807) is 6.08 Å². The minimum Gasteiger partial charge on any atom is -0.477 e. The first-order chi connectivity index (χ1) is 10.8. The fraction of sp³-hybridized carbons (Fsp3) is 0.438. The lowest BCUT2D eigenvalue weighted by Gasteiger charge is -2.26. The Balaban J connectivity index is 2.06. The van der Waals surface area contributed by atoms with E-state index in [2.05, 4.69) is 5.32 Å². The number of rotatable bonds is 3. The number of carboxylic acid groups (broad SMARTS) is 1. The van der Waals surface area contributed by atoms with Gasteiger partial charge in [-0.25, -0.2) is 18.4 Å². The summed E-state index contributed by atoms with van der Waals surface area (Å²) in [5, 5.41) is 17.2. The van der Waals surface area contributed by atoms with Crippen LogP contribution in [0.5, 0.6) is 0 Å². The summed E-state index contributed by atoms with van der Waals surface area (Å²) in [7, 11) is -3.66. The molecule has 3 atom stereocenters.